The second-order valence-corrected chi connectivity index (χ2v) is 7.14. The van der Waals surface area contributed by atoms with Gasteiger partial charge in [0.2, 0.25) is 0 Å². The quantitative estimate of drug-likeness (QED) is 0.530. The van der Waals surface area contributed by atoms with Crippen LogP contribution < -0.4 is 0 Å². The lowest BCUT2D eigenvalue weighted by Crippen LogP contribution is -2.31. The second-order valence-electron chi connectivity index (χ2n) is 6.70. The maximum atomic E-state index is 11.0. The Bertz CT molecular complexity index is 1040. The molecule has 0 saturated heterocycles. The SMILES string of the molecule is O=[N+]([O-])c1ccc(O)c(CN2CCc3nc(-c4ccc(Cl)cc4)ncc3C2)c1. The normalized spacial score (nSPS) is 13.9. The number of non-ortho nitro benzene ring substituents is 1. The van der Waals surface area contributed by atoms with E-state index < -0.39 is 4.92 Å². The predicted molar refractivity (Wildman–Crippen MR) is 105 cm³/mol. The molecule has 0 bridgehead atoms. The maximum Gasteiger partial charge on any atom is 0.270 e. The molecule has 2 heterocycles. The van der Waals surface area contributed by atoms with E-state index in [4.69, 9.17) is 11.6 Å². The third-order valence-corrected chi connectivity index (χ3v) is 5.04. The summed E-state index contributed by atoms with van der Waals surface area (Å²) in [5, 5.41) is 21.7. The number of fused-ring (bicyclic) bond motifs is 1. The van der Waals surface area contributed by atoms with Gasteiger partial charge < -0.3 is 5.11 Å². The fourth-order valence-electron chi connectivity index (χ4n) is 3.30. The van der Waals surface area contributed by atoms with Crippen molar-refractivity contribution in [3.05, 3.63) is 80.6 Å². The molecule has 1 N–H and O–H groups in total. The molecule has 7 nitrogen and oxygen atoms in total. The number of aromatic nitrogens is 2. The average molecular weight is 397 g/mol. The lowest BCUT2D eigenvalue weighted by Gasteiger charge is -2.28. The van der Waals surface area contributed by atoms with Crippen molar-refractivity contribution >= 4 is 17.3 Å². The molecule has 1 aliphatic heterocycles. The summed E-state index contributed by atoms with van der Waals surface area (Å²) >= 11 is 5.93. The van der Waals surface area contributed by atoms with Crippen LogP contribution in [-0.2, 0) is 19.5 Å². The first-order chi connectivity index (χ1) is 13.5. The van der Waals surface area contributed by atoms with Gasteiger partial charge in [0.15, 0.2) is 5.82 Å². The number of rotatable bonds is 4. The van der Waals surface area contributed by atoms with Crippen LogP contribution >= 0.6 is 11.6 Å². The van der Waals surface area contributed by atoms with Gasteiger partial charge in [-0.1, -0.05) is 11.6 Å². The molecule has 1 aromatic heterocycles. The lowest BCUT2D eigenvalue weighted by atomic mass is 10.1. The molecular weight excluding hydrogens is 380 g/mol. The van der Waals surface area contributed by atoms with Crippen LogP contribution in [0.2, 0.25) is 5.02 Å². The maximum absolute atomic E-state index is 11.0. The third kappa shape index (κ3) is 3.81. The van der Waals surface area contributed by atoms with Crippen molar-refractivity contribution in [1.82, 2.24) is 14.9 Å². The number of benzene rings is 2. The Labute approximate surface area is 166 Å². The number of nitro groups is 1. The zero-order valence-corrected chi connectivity index (χ0v) is 15.6. The summed E-state index contributed by atoms with van der Waals surface area (Å²) in [6.45, 7) is 1.79. The van der Waals surface area contributed by atoms with Crippen LogP contribution in [0.1, 0.15) is 16.8 Å². The molecule has 0 radical (unpaired) electrons. The summed E-state index contributed by atoms with van der Waals surface area (Å²) in [6, 6.07) is 11.5. The van der Waals surface area contributed by atoms with E-state index in [1.54, 1.807) is 0 Å². The Morgan fingerprint density at radius 2 is 2.00 bits per heavy atom. The Balaban J connectivity index is 1.52. The van der Waals surface area contributed by atoms with Gasteiger partial charge in [0.1, 0.15) is 5.75 Å². The lowest BCUT2D eigenvalue weighted by molar-refractivity contribution is -0.385. The zero-order valence-electron chi connectivity index (χ0n) is 14.9. The molecule has 1 aliphatic rings. The van der Waals surface area contributed by atoms with Gasteiger partial charge in [-0.3, -0.25) is 15.0 Å². The van der Waals surface area contributed by atoms with Gasteiger partial charge in [0, 0.05) is 66.1 Å². The highest BCUT2D eigenvalue weighted by molar-refractivity contribution is 6.30. The summed E-state index contributed by atoms with van der Waals surface area (Å²) in [5.74, 6) is 0.728. The summed E-state index contributed by atoms with van der Waals surface area (Å²) in [7, 11) is 0. The first-order valence-electron chi connectivity index (χ1n) is 8.79. The molecular formula is C20H17ClN4O3. The van der Waals surface area contributed by atoms with Crippen molar-refractivity contribution in [1.29, 1.82) is 0 Å². The molecule has 4 rings (SSSR count). The first-order valence-corrected chi connectivity index (χ1v) is 9.17. The number of nitrogens with zero attached hydrogens (tertiary/aromatic N) is 4. The molecule has 0 unspecified atom stereocenters. The fourth-order valence-corrected chi connectivity index (χ4v) is 3.43. The number of phenolic OH excluding ortho intramolecular Hbond substituents is 1. The smallest absolute Gasteiger partial charge is 0.270 e. The zero-order chi connectivity index (χ0) is 19.7. The molecule has 0 atom stereocenters. The summed E-state index contributed by atoms with van der Waals surface area (Å²) in [6.07, 6.45) is 2.57. The minimum Gasteiger partial charge on any atom is -0.508 e. The van der Waals surface area contributed by atoms with Crippen LogP contribution in [0.15, 0.2) is 48.7 Å². The number of nitro benzene ring substituents is 1. The topological polar surface area (TPSA) is 92.4 Å². The molecule has 0 spiro atoms. The van der Waals surface area contributed by atoms with Crippen molar-refractivity contribution in [2.75, 3.05) is 6.54 Å². The van der Waals surface area contributed by atoms with Crippen molar-refractivity contribution in [2.45, 2.75) is 19.5 Å². The van der Waals surface area contributed by atoms with Gasteiger partial charge in [-0.15, -0.1) is 0 Å². The molecule has 0 saturated carbocycles. The Morgan fingerprint density at radius 1 is 1.21 bits per heavy atom. The highest BCUT2D eigenvalue weighted by Crippen LogP contribution is 2.27. The highest BCUT2D eigenvalue weighted by atomic mass is 35.5. The van der Waals surface area contributed by atoms with Crippen LogP contribution in [-0.4, -0.2) is 31.4 Å². The number of hydrogen-bond acceptors (Lipinski definition) is 6. The second kappa shape index (κ2) is 7.53. The summed E-state index contributed by atoms with van der Waals surface area (Å²) in [4.78, 5) is 21.8. The summed E-state index contributed by atoms with van der Waals surface area (Å²) in [5.41, 5.74) is 3.45. The average Bonchev–Trinajstić information content (AvgIpc) is 2.69. The molecule has 142 valence electrons. The molecule has 2 aromatic carbocycles. The van der Waals surface area contributed by atoms with E-state index in [2.05, 4.69) is 14.9 Å². The summed E-state index contributed by atoms with van der Waals surface area (Å²) < 4.78 is 0. The molecule has 0 amide bonds. The third-order valence-electron chi connectivity index (χ3n) is 4.78. The fraction of sp³-hybridized carbons (Fsp3) is 0.200. The van der Waals surface area contributed by atoms with Crippen molar-refractivity contribution in [3.8, 4) is 17.1 Å². The molecule has 0 fully saturated rings. The molecule has 3 aromatic rings. The van der Waals surface area contributed by atoms with E-state index in [1.807, 2.05) is 30.5 Å². The van der Waals surface area contributed by atoms with E-state index in [1.165, 1.54) is 18.2 Å². The van der Waals surface area contributed by atoms with Crippen molar-refractivity contribution in [3.63, 3.8) is 0 Å². The highest BCUT2D eigenvalue weighted by Gasteiger charge is 2.21. The van der Waals surface area contributed by atoms with E-state index in [0.717, 1.165) is 29.8 Å². The minimum atomic E-state index is -0.458. The Hall–Kier alpha value is -3.03. The van der Waals surface area contributed by atoms with Gasteiger partial charge >= 0.3 is 0 Å². The van der Waals surface area contributed by atoms with E-state index in [-0.39, 0.29) is 11.4 Å². The van der Waals surface area contributed by atoms with Crippen LogP contribution in [0.25, 0.3) is 11.4 Å². The Kier molecular flexibility index (Phi) is 4.93. The van der Waals surface area contributed by atoms with Gasteiger partial charge in [-0.05, 0) is 30.3 Å². The van der Waals surface area contributed by atoms with E-state index in [9.17, 15) is 15.2 Å². The first kappa shape index (κ1) is 18.3. The molecule has 28 heavy (non-hydrogen) atoms. The molecule has 0 aliphatic carbocycles. The van der Waals surface area contributed by atoms with Crippen molar-refractivity contribution in [2.24, 2.45) is 0 Å². The number of aromatic hydroxyl groups is 1. The van der Waals surface area contributed by atoms with Gasteiger partial charge in [-0.25, -0.2) is 9.97 Å². The number of phenols is 1. The van der Waals surface area contributed by atoms with E-state index >= 15 is 0 Å². The van der Waals surface area contributed by atoms with Gasteiger partial charge in [0.05, 0.1) is 10.6 Å². The van der Waals surface area contributed by atoms with Crippen LogP contribution in [0.5, 0.6) is 5.75 Å². The van der Waals surface area contributed by atoms with E-state index in [0.29, 0.717) is 29.5 Å². The van der Waals surface area contributed by atoms with Crippen LogP contribution in [0.3, 0.4) is 0 Å². The monoisotopic (exact) mass is 396 g/mol. The predicted octanol–water partition coefficient (Wildman–Crippen LogP) is 3.97. The molecule has 8 heteroatoms. The van der Waals surface area contributed by atoms with Gasteiger partial charge in [0.25, 0.3) is 5.69 Å². The number of hydrogen-bond donors (Lipinski definition) is 1. The standard InChI is InChI=1S/C20H17ClN4O3/c21-16-3-1-13(2-4-16)20-22-10-15-12-24(8-7-18(15)23-20)11-14-9-17(25(27)28)5-6-19(14)26/h1-6,9-10,26H,7-8,11-12H2. The minimum absolute atomic E-state index is 0.0267. The largest absolute Gasteiger partial charge is 0.508 e. The Morgan fingerprint density at radius 3 is 2.75 bits per heavy atom. The van der Waals surface area contributed by atoms with Crippen molar-refractivity contribution < 1.29 is 10.0 Å². The number of halogens is 1. The van der Waals surface area contributed by atoms with Crippen LogP contribution in [0, 0.1) is 10.1 Å². The van der Waals surface area contributed by atoms with Crippen LogP contribution in [0.4, 0.5) is 5.69 Å². The van der Waals surface area contributed by atoms with Gasteiger partial charge in [-0.2, -0.15) is 0 Å².